The van der Waals surface area contributed by atoms with E-state index in [9.17, 15) is 0 Å². The molecule has 0 unspecified atom stereocenters. The lowest BCUT2D eigenvalue weighted by Crippen LogP contribution is -2.72. The highest BCUT2D eigenvalue weighted by atomic mass is 15.5. The first kappa shape index (κ1) is 11.0. The number of hydrogen-bond donors (Lipinski definition) is 0. The van der Waals surface area contributed by atoms with E-state index < -0.39 is 0 Å². The van der Waals surface area contributed by atoms with Crippen LogP contribution in [0.5, 0.6) is 0 Å². The van der Waals surface area contributed by atoms with Crippen molar-refractivity contribution in [3.63, 3.8) is 0 Å². The predicted octanol–water partition coefficient (Wildman–Crippen LogP) is 1.76. The van der Waals surface area contributed by atoms with Gasteiger partial charge >= 0.3 is 0 Å². The van der Waals surface area contributed by atoms with Gasteiger partial charge in [0.1, 0.15) is 0 Å². The van der Waals surface area contributed by atoms with E-state index in [1.807, 2.05) is 0 Å². The highest BCUT2D eigenvalue weighted by Gasteiger charge is 2.47. The topological polar surface area (TPSA) is 9.72 Å². The van der Waals surface area contributed by atoms with E-state index in [-0.39, 0.29) is 0 Å². The Labute approximate surface area is 99.4 Å². The minimum absolute atomic E-state index is 0.627. The molecule has 92 valence electrons. The standard InChI is InChI=1S/C13H25N3/c1-2-3-4-5-6-13-7-14-10-15(8-13)12-16(9-13)11-14/h2-12H2,1H3. The van der Waals surface area contributed by atoms with Gasteiger partial charge in [0.2, 0.25) is 0 Å². The molecule has 4 aliphatic heterocycles. The van der Waals surface area contributed by atoms with Gasteiger partial charge in [0.25, 0.3) is 0 Å². The van der Waals surface area contributed by atoms with Crippen LogP contribution in [0.3, 0.4) is 0 Å². The molecule has 3 nitrogen and oxygen atoms in total. The van der Waals surface area contributed by atoms with E-state index in [2.05, 4.69) is 21.6 Å². The highest BCUT2D eigenvalue weighted by molar-refractivity contribution is 4.98. The van der Waals surface area contributed by atoms with Crippen molar-refractivity contribution in [1.82, 2.24) is 14.7 Å². The summed E-state index contributed by atoms with van der Waals surface area (Å²) in [6.07, 6.45) is 7.13. The van der Waals surface area contributed by atoms with Gasteiger partial charge in [-0.2, -0.15) is 0 Å². The average Bonchev–Trinajstić information content (AvgIpc) is 2.22. The van der Waals surface area contributed by atoms with Gasteiger partial charge in [0.15, 0.2) is 0 Å². The second kappa shape index (κ2) is 4.28. The van der Waals surface area contributed by atoms with Gasteiger partial charge < -0.3 is 0 Å². The highest BCUT2D eigenvalue weighted by Crippen LogP contribution is 2.39. The Morgan fingerprint density at radius 1 is 0.812 bits per heavy atom. The lowest BCUT2D eigenvalue weighted by atomic mass is 9.77. The molecule has 0 amide bonds. The Morgan fingerprint density at radius 3 is 1.88 bits per heavy atom. The zero-order chi connectivity index (χ0) is 11.0. The summed E-state index contributed by atoms with van der Waals surface area (Å²) in [6.45, 7) is 10.1. The van der Waals surface area contributed by atoms with Crippen LogP contribution in [-0.4, -0.2) is 54.3 Å². The molecule has 0 radical (unpaired) electrons. The monoisotopic (exact) mass is 223 g/mol. The number of nitrogens with zero attached hydrogens (tertiary/aromatic N) is 3. The molecule has 0 spiro atoms. The van der Waals surface area contributed by atoms with Crippen molar-refractivity contribution >= 4 is 0 Å². The van der Waals surface area contributed by atoms with E-state index in [1.54, 1.807) is 0 Å². The van der Waals surface area contributed by atoms with Crippen LogP contribution in [-0.2, 0) is 0 Å². The maximum absolute atomic E-state index is 2.64. The van der Waals surface area contributed by atoms with Gasteiger partial charge in [-0.1, -0.05) is 32.6 Å². The summed E-state index contributed by atoms with van der Waals surface area (Å²) in [5.74, 6) is 0. The van der Waals surface area contributed by atoms with Gasteiger partial charge in [-0.15, -0.1) is 0 Å². The van der Waals surface area contributed by atoms with Crippen LogP contribution >= 0.6 is 0 Å². The summed E-state index contributed by atoms with van der Waals surface area (Å²) in [5, 5.41) is 0. The molecule has 0 atom stereocenters. The van der Waals surface area contributed by atoms with Gasteiger partial charge in [-0.25, -0.2) is 0 Å². The van der Waals surface area contributed by atoms with Gasteiger partial charge in [0, 0.05) is 25.0 Å². The Hall–Kier alpha value is -0.120. The Bertz CT molecular complexity index is 216. The second-order valence-corrected chi connectivity index (χ2v) is 6.22. The molecule has 4 heterocycles. The third-order valence-electron chi connectivity index (χ3n) is 4.44. The van der Waals surface area contributed by atoms with Crippen LogP contribution in [0, 0.1) is 5.41 Å². The van der Waals surface area contributed by atoms with Crippen LogP contribution in [0.15, 0.2) is 0 Å². The molecule has 0 aromatic carbocycles. The van der Waals surface area contributed by atoms with E-state index in [1.165, 1.54) is 71.7 Å². The number of rotatable bonds is 5. The smallest absolute Gasteiger partial charge is 0.0530 e. The molecule has 4 rings (SSSR count). The molecule has 4 bridgehead atoms. The zero-order valence-electron chi connectivity index (χ0n) is 10.6. The van der Waals surface area contributed by atoms with Crippen molar-refractivity contribution in [3.05, 3.63) is 0 Å². The first-order valence-electron chi connectivity index (χ1n) is 6.97. The molecule has 0 N–H and O–H groups in total. The molecule has 0 aromatic heterocycles. The maximum Gasteiger partial charge on any atom is 0.0530 e. The first-order valence-corrected chi connectivity index (χ1v) is 6.97. The first-order chi connectivity index (χ1) is 7.80. The van der Waals surface area contributed by atoms with E-state index in [4.69, 9.17) is 0 Å². The summed E-state index contributed by atoms with van der Waals surface area (Å²) in [6, 6.07) is 0. The van der Waals surface area contributed by atoms with Crippen molar-refractivity contribution in [2.24, 2.45) is 5.41 Å². The fourth-order valence-electron chi connectivity index (χ4n) is 4.02. The lowest BCUT2D eigenvalue weighted by molar-refractivity contribution is -0.174. The largest absolute Gasteiger partial charge is 0.277 e. The summed E-state index contributed by atoms with van der Waals surface area (Å²) >= 11 is 0. The van der Waals surface area contributed by atoms with E-state index in [0.717, 1.165) is 0 Å². The molecule has 4 saturated heterocycles. The summed E-state index contributed by atoms with van der Waals surface area (Å²) in [5.41, 5.74) is 0.627. The fraction of sp³-hybridized carbons (Fsp3) is 1.00. The second-order valence-electron chi connectivity index (χ2n) is 6.22. The Morgan fingerprint density at radius 2 is 1.38 bits per heavy atom. The van der Waals surface area contributed by atoms with Crippen molar-refractivity contribution < 1.29 is 0 Å². The van der Waals surface area contributed by atoms with Crippen LogP contribution in [0.2, 0.25) is 0 Å². The molecule has 3 heteroatoms. The van der Waals surface area contributed by atoms with Crippen molar-refractivity contribution in [1.29, 1.82) is 0 Å². The summed E-state index contributed by atoms with van der Waals surface area (Å²) in [7, 11) is 0. The molecular formula is C13H25N3. The van der Waals surface area contributed by atoms with Crippen LogP contribution in [0.1, 0.15) is 39.0 Å². The third kappa shape index (κ3) is 2.01. The zero-order valence-corrected chi connectivity index (χ0v) is 10.6. The molecule has 0 aromatic rings. The van der Waals surface area contributed by atoms with Crippen LogP contribution < -0.4 is 0 Å². The Balaban J connectivity index is 1.56. The van der Waals surface area contributed by atoms with Crippen molar-refractivity contribution in [2.75, 3.05) is 39.6 Å². The minimum Gasteiger partial charge on any atom is -0.277 e. The molecule has 4 aliphatic rings. The van der Waals surface area contributed by atoms with Gasteiger partial charge in [-0.3, -0.25) is 14.7 Å². The molecule has 16 heavy (non-hydrogen) atoms. The number of unbranched alkanes of at least 4 members (excludes halogenated alkanes) is 3. The maximum atomic E-state index is 2.64. The molecule has 0 saturated carbocycles. The Kier molecular flexibility index (Phi) is 2.94. The van der Waals surface area contributed by atoms with Crippen LogP contribution in [0.25, 0.3) is 0 Å². The fourth-order valence-corrected chi connectivity index (χ4v) is 4.02. The minimum atomic E-state index is 0.627. The van der Waals surface area contributed by atoms with Crippen molar-refractivity contribution in [2.45, 2.75) is 39.0 Å². The molecule has 4 fully saturated rings. The summed E-state index contributed by atoms with van der Waals surface area (Å²) < 4.78 is 0. The lowest BCUT2D eigenvalue weighted by Gasteiger charge is -2.61. The van der Waals surface area contributed by atoms with E-state index >= 15 is 0 Å². The number of hydrogen-bond acceptors (Lipinski definition) is 3. The molecule has 0 aliphatic carbocycles. The van der Waals surface area contributed by atoms with Gasteiger partial charge in [0.05, 0.1) is 20.0 Å². The quantitative estimate of drug-likeness (QED) is 0.658. The summed E-state index contributed by atoms with van der Waals surface area (Å²) in [4.78, 5) is 7.91. The predicted molar refractivity (Wildman–Crippen MR) is 65.9 cm³/mol. The molecular weight excluding hydrogens is 198 g/mol. The third-order valence-corrected chi connectivity index (χ3v) is 4.44. The van der Waals surface area contributed by atoms with Crippen molar-refractivity contribution in [3.8, 4) is 0 Å². The average molecular weight is 223 g/mol. The van der Waals surface area contributed by atoms with E-state index in [0.29, 0.717) is 5.41 Å². The van der Waals surface area contributed by atoms with Crippen LogP contribution in [0.4, 0.5) is 0 Å². The normalized spacial score (nSPS) is 45.2. The SMILES string of the molecule is CCCCCCC12CN3CN(CN(C3)C1)C2. The van der Waals surface area contributed by atoms with Gasteiger partial charge in [-0.05, 0) is 6.42 Å².